The van der Waals surface area contributed by atoms with Crippen LogP contribution in [0.2, 0.25) is 0 Å². The van der Waals surface area contributed by atoms with E-state index < -0.39 is 0 Å². The second-order valence-corrected chi connectivity index (χ2v) is 5.64. The van der Waals surface area contributed by atoms with Crippen molar-refractivity contribution in [2.75, 3.05) is 19.6 Å². The van der Waals surface area contributed by atoms with E-state index in [4.69, 9.17) is 4.52 Å². The molecule has 2 aliphatic heterocycles. The summed E-state index contributed by atoms with van der Waals surface area (Å²) >= 11 is 0. The van der Waals surface area contributed by atoms with Crippen molar-refractivity contribution in [1.82, 2.24) is 20.3 Å². The highest BCUT2D eigenvalue weighted by Gasteiger charge is 2.37. The van der Waals surface area contributed by atoms with Crippen LogP contribution in [0.15, 0.2) is 4.52 Å². The summed E-state index contributed by atoms with van der Waals surface area (Å²) in [4.78, 5) is 38.9. The number of piperidine rings is 1. The largest absolute Gasteiger partial charge is 0.361 e. The molecule has 0 aromatic carbocycles. The molecule has 0 atom stereocenters. The lowest BCUT2D eigenvalue weighted by atomic mass is 10.0. The summed E-state index contributed by atoms with van der Waals surface area (Å²) in [5.41, 5.74) is 1.09. The van der Waals surface area contributed by atoms with Crippen molar-refractivity contribution >= 4 is 17.8 Å². The van der Waals surface area contributed by atoms with Crippen LogP contribution in [0.3, 0.4) is 0 Å². The van der Waals surface area contributed by atoms with Crippen molar-refractivity contribution < 1.29 is 18.9 Å². The predicted octanol–water partition coefficient (Wildman–Crippen LogP) is 0.448. The molecule has 3 rings (SSSR count). The standard InChI is InChI=1S/C14H18N4O4/c1-8-12(9(2)22-16-8)13(20)17-5-3-10(4-6-17)18-11(19)7-15-14(18)21/h10H,3-7H2,1-2H3,(H,15,21). The van der Waals surface area contributed by atoms with E-state index >= 15 is 0 Å². The molecule has 3 heterocycles. The van der Waals surface area contributed by atoms with Crippen LogP contribution in [0.25, 0.3) is 0 Å². The molecule has 22 heavy (non-hydrogen) atoms. The number of nitrogens with zero attached hydrogens (tertiary/aromatic N) is 3. The minimum atomic E-state index is -0.333. The van der Waals surface area contributed by atoms with Crippen molar-refractivity contribution in [3.63, 3.8) is 0 Å². The SMILES string of the molecule is Cc1noc(C)c1C(=O)N1CCC(N2C(=O)CNC2=O)CC1. The van der Waals surface area contributed by atoms with Gasteiger partial charge < -0.3 is 14.7 Å². The molecule has 1 aromatic heterocycles. The van der Waals surface area contributed by atoms with Gasteiger partial charge >= 0.3 is 6.03 Å². The number of rotatable bonds is 2. The molecular weight excluding hydrogens is 288 g/mol. The van der Waals surface area contributed by atoms with Crippen molar-refractivity contribution in [3.05, 3.63) is 17.0 Å². The quantitative estimate of drug-likeness (QED) is 0.800. The highest BCUT2D eigenvalue weighted by Crippen LogP contribution is 2.22. The van der Waals surface area contributed by atoms with Gasteiger partial charge in [-0.3, -0.25) is 14.5 Å². The van der Waals surface area contributed by atoms with Crippen LogP contribution < -0.4 is 5.32 Å². The summed E-state index contributed by atoms with van der Waals surface area (Å²) in [5, 5.41) is 6.33. The Morgan fingerprint density at radius 1 is 1.27 bits per heavy atom. The molecule has 0 aliphatic carbocycles. The number of aryl methyl sites for hydroxylation is 2. The first-order chi connectivity index (χ1) is 10.5. The van der Waals surface area contributed by atoms with E-state index in [1.54, 1.807) is 18.7 Å². The fourth-order valence-corrected chi connectivity index (χ4v) is 3.08. The van der Waals surface area contributed by atoms with Gasteiger partial charge in [0.15, 0.2) is 0 Å². The molecule has 4 amide bonds. The Hall–Kier alpha value is -2.38. The average Bonchev–Trinajstić information content (AvgIpc) is 3.01. The van der Waals surface area contributed by atoms with Gasteiger partial charge in [-0.05, 0) is 26.7 Å². The molecular formula is C14H18N4O4. The number of hydrogen-bond donors (Lipinski definition) is 1. The van der Waals surface area contributed by atoms with Gasteiger partial charge in [-0.1, -0.05) is 5.16 Å². The molecule has 0 saturated carbocycles. The number of carbonyl (C=O) groups excluding carboxylic acids is 3. The fourth-order valence-electron chi connectivity index (χ4n) is 3.08. The molecule has 0 spiro atoms. The normalized spacial score (nSPS) is 19.7. The van der Waals surface area contributed by atoms with Crippen molar-refractivity contribution in [1.29, 1.82) is 0 Å². The molecule has 8 nitrogen and oxygen atoms in total. The second kappa shape index (κ2) is 5.43. The average molecular weight is 306 g/mol. The highest BCUT2D eigenvalue weighted by atomic mass is 16.5. The topological polar surface area (TPSA) is 95.8 Å². The number of amides is 4. The Kier molecular flexibility index (Phi) is 3.59. The van der Waals surface area contributed by atoms with Crippen LogP contribution in [-0.2, 0) is 4.79 Å². The van der Waals surface area contributed by atoms with E-state index in [0.717, 1.165) is 0 Å². The van der Waals surface area contributed by atoms with Gasteiger partial charge in [-0.25, -0.2) is 4.79 Å². The highest BCUT2D eigenvalue weighted by molar-refractivity contribution is 6.02. The number of imide groups is 1. The lowest BCUT2D eigenvalue weighted by Crippen LogP contribution is -2.49. The minimum absolute atomic E-state index is 0.0665. The monoisotopic (exact) mass is 306 g/mol. The van der Waals surface area contributed by atoms with Crippen LogP contribution in [0, 0.1) is 13.8 Å². The number of nitrogens with one attached hydrogen (secondary N) is 1. The number of aromatic nitrogens is 1. The van der Waals surface area contributed by atoms with Gasteiger partial charge in [-0.15, -0.1) is 0 Å². The predicted molar refractivity (Wildman–Crippen MR) is 75.1 cm³/mol. The molecule has 118 valence electrons. The molecule has 2 fully saturated rings. The van der Waals surface area contributed by atoms with Crippen molar-refractivity contribution in [2.45, 2.75) is 32.7 Å². The molecule has 2 aliphatic rings. The first kappa shape index (κ1) is 14.6. The summed E-state index contributed by atoms with van der Waals surface area (Å²) in [6.07, 6.45) is 1.18. The molecule has 0 unspecified atom stereocenters. The van der Waals surface area contributed by atoms with E-state index in [1.165, 1.54) is 4.90 Å². The Bertz CT molecular complexity index is 595. The Morgan fingerprint density at radius 2 is 1.95 bits per heavy atom. The van der Waals surface area contributed by atoms with Crippen LogP contribution >= 0.6 is 0 Å². The number of hydrogen-bond acceptors (Lipinski definition) is 5. The van der Waals surface area contributed by atoms with Gasteiger partial charge in [0, 0.05) is 19.1 Å². The first-order valence-electron chi connectivity index (χ1n) is 7.31. The minimum Gasteiger partial charge on any atom is -0.361 e. The molecule has 2 saturated heterocycles. The van der Waals surface area contributed by atoms with E-state index in [2.05, 4.69) is 10.5 Å². The summed E-state index contributed by atoms with van der Waals surface area (Å²) in [6, 6.07) is -0.468. The third-order valence-corrected chi connectivity index (χ3v) is 4.24. The Labute approximate surface area is 127 Å². The van der Waals surface area contributed by atoms with E-state index in [0.29, 0.717) is 42.9 Å². The van der Waals surface area contributed by atoms with Crippen LogP contribution in [0.5, 0.6) is 0 Å². The van der Waals surface area contributed by atoms with E-state index in [-0.39, 0.29) is 30.4 Å². The zero-order valence-corrected chi connectivity index (χ0v) is 12.6. The van der Waals surface area contributed by atoms with Crippen molar-refractivity contribution in [2.24, 2.45) is 0 Å². The molecule has 1 aromatic rings. The molecule has 0 radical (unpaired) electrons. The van der Waals surface area contributed by atoms with E-state index in [1.807, 2.05) is 0 Å². The van der Waals surface area contributed by atoms with Gasteiger partial charge in [0.2, 0.25) is 5.91 Å². The van der Waals surface area contributed by atoms with Gasteiger partial charge in [0.1, 0.15) is 11.3 Å². The number of carbonyl (C=O) groups is 3. The van der Waals surface area contributed by atoms with Crippen molar-refractivity contribution in [3.8, 4) is 0 Å². The summed E-state index contributed by atoms with van der Waals surface area (Å²) in [5.74, 6) is 0.214. The summed E-state index contributed by atoms with van der Waals surface area (Å²) < 4.78 is 5.03. The summed E-state index contributed by atoms with van der Waals surface area (Å²) in [6.45, 7) is 4.53. The Morgan fingerprint density at radius 3 is 2.45 bits per heavy atom. The fraction of sp³-hybridized carbons (Fsp3) is 0.571. The van der Waals surface area contributed by atoms with Gasteiger partial charge in [0.05, 0.1) is 12.2 Å². The number of urea groups is 1. The number of likely N-dealkylation sites (tertiary alicyclic amines) is 1. The van der Waals surface area contributed by atoms with Crippen LogP contribution in [0.4, 0.5) is 4.79 Å². The maximum absolute atomic E-state index is 12.5. The molecule has 0 bridgehead atoms. The smallest absolute Gasteiger partial charge is 0.324 e. The lowest BCUT2D eigenvalue weighted by Gasteiger charge is -2.35. The Balaban J connectivity index is 1.66. The second-order valence-electron chi connectivity index (χ2n) is 5.64. The molecule has 8 heteroatoms. The zero-order valence-electron chi connectivity index (χ0n) is 12.6. The van der Waals surface area contributed by atoms with Gasteiger partial charge in [0.25, 0.3) is 5.91 Å². The van der Waals surface area contributed by atoms with Crippen LogP contribution in [0.1, 0.15) is 34.7 Å². The maximum atomic E-state index is 12.5. The summed E-state index contributed by atoms with van der Waals surface area (Å²) in [7, 11) is 0. The van der Waals surface area contributed by atoms with E-state index in [9.17, 15) is 14.4 Å². The third kappa shape index (κ3) is 2.34. The van der Waals surface area contributed by atoms with Gasteiger partial charge in [-0.2, -0.15) is 0 Å². The maximum Gasteiger partial charge on any atom is 0.324 e. The van der Waals surface area contributed by atoms with Crippen LogP contribution in [-0.4, -0.2) is 58.5 Å². The zero-order chi connectivity index (χ0) is 15.9. The first-order valence-corrected chi connectivity index (χ1v) is 7.31. The third-order valence-electron chi connectivity index (χ3n) is 4.24. The molecule has 1 N–H and O–H groups in total. The lowest BCUT2D eigenvalue weighted by molar-refractivity contribution is -0.127.